The third-order valence-corrected chi connectivity index (χ3v) is 5.67. The Morgan fingerprint density at radius 3 is 2.67 bits per heavy atom. The van der Waals surface area contributed by atoms with Crippen molar-refractivity contribution in [1.29, 1.82) is 0 Å². The Bertz CT molecular complexity index is 1020. The number of methoxy groups -OCH3 is 1. The predicted octanol–water partition coefficient (Wildman–Crippen LogP) is 3.52. The van der Waals surface area contributed by atoms with Crippen molar-refractivity contribution < 1.29 is 14.3 Å². The molecule has 0 atom stereocenters. The van der Waals surface area contributed by atoms with Crippen LogP contribution in [0, 0.1) is 0 Å². The molecule has 0 N–H and O–H groups in total. The van der Waals surface area contributed by atoms with Crippen molar-refractivity contribution in [2.45, 2.75) is 13.0 Å². The lowest BCUT2D eigenvalue weighted by atomic mass is 10.1. The number of aromatic nitrogens is 1. The van der Waals surface area contributed by atoms with Crippen LogP contribution in [0.5, 0.6) is 0 Å². The van der Waals surface area contributed by atoms with Crippen molar-refractivity contribution in [2.75, 3.05) is 19.1 Å². The second-order valence-electron chi connectivity index (χ2n) is 5.87. The normalized spacial score (nSPS) is 11.7. The molecule has 1 heterocycles. The predicted molar refractivity (Wildman–Crippen MR) is 110 cm³/mol. The van der Waals surface area contributed by atoms with Crippen molar-refractivity contribution >= 4 is 45.2 Å². The first kappa shape index (κ1) is 19.4. The number of rotatable bonds is 6. The molecule has 0 saturated heterocycles. The van der Waals surface area contributed by atoms with Crippen LogP contribution in [0.15, 0.2) is 53.5 Å². The summed E-state index contributed by atoms with van der Waals surface area (Å²) in [7, 11) is 1.36. The van der Waals surface area contributed by atoms with E-state index in [0.29, 0.717) is 10.4 Å². The highest BCUT2D eigenvalue weighted by molar-refractivity contribution is 7.98. The van der Waals surface area contributed by atoms with Crippen LogP contribution < -0.4 is 4.80 Å². The van der Waals surface area contributed by atoms with Gasteiger partial charge in [-0.1, -0.05) is 41.7 Å². The van der Waals surface area contributed by atoms with Crippen molar-refractivity contribution in [1.82, 2.24) is 4.57 Å². The lowest BCUT2D eigenvalue weighted by Crippen LogP contribution is -2.18. The molecule has 7 heteroatoms. The highest BCUT2D eigenvalue weighted by Gasteiger charge is 2.12. The topological polar surface area (TPSA) is 60.7 Å². The van der Waals surface area contributed by atoms with Gasteiger partial charge in [0.2, 0.25) is 0 Å². The minimum absolute atomic E-state index is 0.182. The minimum Gasteiger partial charge on any atom is -0.465 e. The average molecular weight is 401 g/mol. The number of ether oxygens (including phenoxy) is 1. The number of esters is 1. The Morgan fingerprint density at radius 1 is 1.19 bits per heavy atom. The summed E-state index contributed by atoms with van der Waals surface area (Å²) in [4.78, 5) is 29.3. The molecule has 5 nitrogen and oxygen atoms in total. The van der Waals surface area contributed by atoms with E-state index in [1.807, 2.05) is 47.2 Å². The van der Waals surface area contributed by atoms with Gasteiger partial charge in [0.15, 0.2) is 4.80 Å². The molecular weight excluding hydrogens is 380 g/mol. The monoisotopic (exact) mass is 400 g/mol. The number of carbonyl (C=O) groups excluding carboxylic acids is 2. The summed E-state index contributed by atoms with van der Waals surface area (Å²) in [6, 6.07) is 15.0. The number of benzene rings is 2. The van der Waals surface area contributed by atoms with Crippen LogP contribution in [0.3, 0.4) is 0 Å². The van der Waals surface area contributed by atoms with E-state index < -0.39 is 0 Å². The highest BCUT2D eigenvalue weighted by atomic mass is 32.2. The van der Waals surface area contributed by atoms with Crippen LogP contribution in [-0.2, 0) is 22.5 Å². The van der Waals surface area contributed by atoms with Gasteiger partial charge in [0, 0.05) is 12.3 Å². The Labute approximate surface area is 165 Å². The molecule has 0 aliphatic carbocycles. The van der Waals surface area contributed by atoms with Gasteiger partial charge in [-0.3, -0.25) is 4.79 Å². The number of carbonyl (C=O) groups is 2. The SMILES string of the molecule is COC(=O)c1ccc2c(c1)sc(=NC(=O)Cc1ccccc1)n2CCSC. The molecule has 0 aliphatic rings. The van der Waals surface area contributed by atoms with Crippen LogP contribution in [0.2, 0.25) is 0 Å². The number of hydrogen-bond acceptors (Lipinski definition) is 5. The second-order valence-corrected chi connectivity index (χ2v) is 7.87. The summed E-state index contributed by atoms with van der Waals surface area (Å²) in [6.07, 6.45) is 2.31. The molecule has 0 aliphatic heterocycles. The van der Waals surface area contributed by atoms with E-state index in [2.05, 4.69) is 4.99 Å². The molecular formula is C20H20N2O3S2. The summed E-state index contributed by atoms with van der Waals surface area (Å²) in [5.74, 6) is 0.350. The van der Waals surface area contributed by atoms with E-state index >= 15 is 0 Å². The fourth-order valence-corrected chi connectivity index (χ4v) is 4.20. The second kappa shape index (κ2) is 9.01. The van der Waals surface area contributed by atoms with Crippen LogP contribution in [0.4, 0.5) is 0 Å². The van der Waals surface area contributed by atoms with Gasteiger partial charge >= 0.3 is 5.97 Å². The number of fused-ring (bicyclic) bond motifs is 1. The van der Waals surface area contributed by atoms with Crippen molar-refractivity contribution in [2.24, 2.45) is 4.99 Å². The van der Waals surface area contributed by atoms with Gasteiger partial charge in [-0.25, -0.2) is 4.79 Å². The fourth-order valence-electron chi connectivity index (χ4n) is 2.72. The van der Waals surface area contributed by atoms with E-state index in [1.54, 1.807) is 23.9 Å². The Balaban J connectivity index is 2.01. The number of thiazole rings is 1. The third-order valence-electron chi connectivity index (χ3n) is 4.04. The molecule has 0 radical (unpaired) electrons. The molecule has 1 aromatic heterocycles. The van der Waals surface area contributed by atoms with E-state index in [4.69, 9.17) is 4.74 Å². The number of aryl methyl sites for hydroxylation is 1. The maximum absolute atomic E-state index is 12.5. The van der Waals surface area contributed by atoms with Gasteiger partial charge in [-0.15, -0.1) is 0 Å². The Kier molecular flexibility index (Phi) is 6.47. The van der Waals surface area contributed by atoms with Crippen molar-refractivity contribution in [3.8, 4) is 0 Å². The molecule has 140 valence electrons. The van der Waals surface area contributed by atoms with Gasteiger partial charge in [0.1, 0.15) is 0 Å². The molecule has 3 aromatic rings. The van der Waals surface area contributed by atoms with Crippen LogP contribution >= 0.6 is 23.1 Å². The number of nitrogens with zero attached hydrogens (tertiary/aromatic N) is 2. The van der Waals surface area contributed by atoms with E-state index in [-0.39, 0.29) is 18.3 Å². The first-order chi connectivity index (χ1) is 13.1. The van der Waals surface area contributed by atoms with Crippen LogP contribution in [-0.4, -0.2) is 35.6 Å². The fraction of sp³-hybridized carbons (Fsp3) is 0.250. The minimum atomic E-state index is -0.375. The van der Waals surface area contributed by atoms with Gasteiger partial charge in [0.05, 0.1) is 29.3 Å². The van der Waals surface area contributed by atoms with Gasteiger partial charge < -0.3 is 9.30 Å². The molecule has 0 bridgehead atoms. The van der Waals surface area contributed by atoms with Gasteiger partial charge in [-0.2, -0.15) is 16.8 Å². The van der Waals surface area contributed by atoms with Crippen molar-refractivity contribution in [3.63, 3.8) is 0 Å². The zero-order chi connectivity index (χ0) is 19.2. The third kappa shape index (κ3) is 4.67. The average Bonchev–Trinajstić information content (AvgIpc) is 3.02. The first-order valence-electron chi connectivity index (χ1n) is 8.44. The quantitative estimate of drug-likeness (QED) is 0.594. The standard InChI is InChI=1S/C20H20N2O3S2/c1-25-19(24)15-8-9-16-17(13-15)27-20(22(16)10-11-26-2)21-18(23)12-14-6-4-3-5-7-14/h3-9,13H,10-12H2,1-2H3. The molecule has 3 rings (SSSR count). The summed E-state index contributed by atoms with van der Waals surface area (Å²) < 4.78 is 7.75. The van der Waals surface area contributed by atoms with Gasteiger partial charge in [0.25, 0.3) is 5.91 Å². The van der Waals surface area contributed by atoms with E-state index in [0.717, 1.165) is 28.1 Å². The zero-order valence-electron chi connectivity index (χ0n) is 15.2. The lowest BCUT2D eigenvalue weighted by Gasteiger charge is -2.04. The largest absolute Gasteiger partial charge is 0.465 e. The lowest BCUT2D eigenvalue weighted by molar-refractivity contribution is -0.117. The summed E-state index contributed by atoms with van der Waals surface area (Å²) in [5.41, 5.74) is 2.40. The molecule has 0 spiro atoms. The molecule has 2 aromatic carbocycles. The smallest absolute Gasteiger partial charge is 0.337 e. The number of thioether (sulfide) groups is 1. The maximum Gasteiger partial charge on any atom is 0.337 e. The molecule has 0 unspecified atom stereocenters. The van der Waals surface area contributed by atoms with E-state index in [9.17, 15) is 9.59 Å². The number of amides is 1. The molecule has 1 amide bonds. The Hall–Kier alpha value is -2.38. The summed E-state index contributed by atoms with van der Waals surface area (Å²) >= 11 is 3.15. The molecule has 0 fully saturated rings. The van der Waals surface area contributed by atoms with Gasteiger partial charge in [-0.05, 0) is 30.0 Å². The van der Waals surface area contributed by atoms with Crippen LogP contribution in [0.1, 0.15) is 15.9 Å². The van der Waals surface area contributed by atoms with E-state index in [1.165, 1.54) is 18.4 Å². The first-order valence-corrected chi connectivity index (χ1v) is 10.7. The van der Waals surface area contributed by atoms with Crippen molar-refractivity contribution in [3.05, 3.63) is 64.5 Å². The maximum atomic E-state index is 12.5. The molecule has 27 heavy (non-hydrogen) atoms. The highest BCUT2D eigenvalue weighted by Crippen LogP contribution is 2.20. The molecule has 0 saturated carbocycles. The summed E-state index contributed by atoms with van der Waals surface area (Å²) in [5, 5.41) is 0. The number of hydrogen-bond donors (Lipinski definition) is 0. The zero-order valence-corrected chi connectivity index (χ0v) is 16.8. The summed E-state index contributed by atoms with van der Waals surface area (Å²) in [6.45, 7) is 0.746. The Morgan fingerprint density at radius 2 is 1.96 bits per heavy atom. The van der Waals surface area contributed by atoms with Crippen LogP contribution in [0.25, 0.3) is 10.2 Å².